The molecule has 4 aliphatic rings. The molecule has 3 aliphatic heterocycles. The number of ether oxygens (including phenoxy) is 1. The number of nitrogens with zero attached hydrogens (tertiary/aromatic N) is 3. The highest BCUT2D eigenvalue weighted by molar-refractivity contribution is 5.78. The highest BCUT2D eigenvalue weighted by Crippen LogP contribution is 2.51. The number of hydrogen-bond donors (Lipinski definition) is 0. The minimum atomic E-state index is -4.35. The van der Waals surface area contributed by atoms with Gasteiger partial charge < -0.3 is 14.5 Å². The summed E-state index contributed by atoms with van der Waals surface area (Å²) in [5, 5.41) is 0. The molecule has 3 saturated heterocycles. The molecule has 0 radical (unpaired) electrons. The Labute approximate surface area is 204 Å². The van der Waals surface area contributed by atoms with Gasteiger partial charge in [0, 0.05) is 44.1 Å². The minimum Gasteiger partial charge on any atom is -0.353 e. The fourth-order valence-corrected chi connectivity index (χ4v) is 6.67. The summed E-state index contributed by atoms with van der Waals surface area (Å²) < 4.78 is 45.5. The molecule has 5 rings (SSSR count). The number of halogens is 3. The fraction of sp³-hybridized carbons (Fsp3) is 0.692. The van der Waals surface area contributed by atoms with Crippen LogP contribution < -0.4 is 0 Å². The van der Waals surface area contributed by atoms with Crippen LogP contribution in [0, 0.1) is 11.8 Å². The van der Waals surface area contributed by atoms with Crippen molar-refractivity contribution in [2.45, 2.75) is 82.5 Å². The molecule has 2 amide bonds. The third kappa shape index (κ3) is 4.35. The van der Waals surface area contributed by atoms with Gasteiger partial charge in [-0.15, -0.1) is 0 Å². The summed E-state index contributed by atoms with van der Waals surface area (Å²) in [6, 6.07) is 5.92. The number of piperidine rings is 1. The maximum absolute atomic E-state index is 13.0. The quantitative estimate of drug-likeness (QED) is 0.565. The summed E-state index contributed by atoms with van der Waals surface area (Å²) in [6.07, 6.45) is 0.337. The van der Waals surface area contributed by atoms with E-state index in [4.69, 9.17) is 4.74 Å². The number of hydrogen-bond acceptors (Lipinski definition) is 4. The van der Waals surface area contributed by atoms with Crippen molar-refractivity contribution in [3.05, 3.63) is 35.4 Å². The van der Waals surface area contributed by atoms with Crippen molar-refractivity contribution in [2.75, 3.05) is 19.7 Å². The highest BCUT2D eigenvalue weighted by atomic mass is 19.4. The van der Waals surface area contributed by atoms with Crippen LogP contribution in [0.3, 0.4) is 0 Å². The molecule has 0 N–H and O–H groups in total. The van der Waals surface area contributed by atoms with E-state index in [1.54, 1.807) is 17.0 Å². The van der Waals surface area contributed by atoms with Crippen molar-refractivity contribution in [3.8, 4) is 0 Å². The van der Waals surface area contributed by atoms with E-state index in [2.05, 4.69) is 23.6 Å². The standard InChI is InChI=1S/C26H34F3N3O3/c1-17(2)23-15-35-25-10-9-21(11-20(25)7-8-24(34)32(23)25)31(22-13-30(14-22)16-33)12-18-3-5-19(6-4-18)26(27,28)29/h3-6,16-17,20-23H,7-15H2,1-2H3/t20-,21+,23-,25-/m1/s1. The molecular formula is C26H34F3N3O3. The third-order valence-corrected chi connectivity index (χ3v) is 8.64. The lowest BCUT2D eigenvalue weighted by Crippen LogP contribution is -2.65. The fourth-order valence-electron chi connectivity index (χ4n) is 6.67. The maximum Gasteiger partial charge on any atom is 0.416 e. The Morgan fingerprint density at radius 3 is 2.51 bits per heavy atom. The molecule has 0 unspecified atom stereocenters. The number of likely N-dealkylation sites (tertiary alicyclic amines) is 1. The predicted octanol–water partition coefficient (Wildman–Crippen LogP) is 3.89. The lowest BCUT2D eigenvalue weighted by molar-refractivity contribution is -0.193. The number of rotatable bonds is 6. The molecule has 3 heterocycles. The zero-order chi connectivity index (χ0) is 25.0. The summed E-state index contributed by atoms with van der Waals surface area (Å²) in [7, 11) is 0. The first kappa shape index (κ1) is 24.6. The predicted molar refractivity (Wildman–Crippen MR) is 123 cm³/mol. The Bertz CT molecular complexity index is 947. The minimum absolute atomic E-state index is 0.109. The lowest BCUT2D eigenvalue weighted by atomic mass is 9.72. The maximum atomic E-state index is 13.0. The normalized spacial score (nSPS) is 31.5. The van der Waals surface area contributed by atoms with Gasteiger partial charge in [0.1, 0.15) is 5.72 Å². The molecule has 6 nitrogen and oxygen atoms in total. The van der Waals surface area contributed by atoms with Gasteiger partial charge in [0.05, 0.1) is 18.2 Å². The van der Waals surface area contributed by atoms with E-state index in [1.165, 1.54) is 0 Å². The highest BCUT2D eigenvalue weighted by Gasteiger charge is 2.59. The Hall–Kier alpha value is -2.13. The van der Waals surface area contributed by atoms with Gasteiger partial charge in [-0.2, -0.15) is 13.2 Å². The topological polar surface area (TPSA) is 53.1 Å². The average Bonchev–Trinajstić information content (AvgIpc) is 3.18. The average molecular weight is 494 g/mol. The molecule has 4 atom stereocenters. The van der Waals surface area contributed by atoms with Gasteiger partial charge in [-0.3, -0.25) is 14.5 Å². The molecule has 192 valence electrons. The van der Waals surface area contributed by atoms with Crippen LogP contribution in [-0.2, 0) is 27.0 Å². The second-order valence-electron chi connectivity index (χ2n) is 11.0. The number of carbonyl (C=O) groups excluding carboxylic acids is 2. The van der Waals surface area contributed by atoms with Gasteiger partial charge in [-0.1, -0.05) is 26.0 Å². The van der Waals surface area contributed by atoms with Crippen molar-refractivity contribution in [3.63, 3.8) is 0 Å². The van der Waals surface area contributed by atoms with Gasteiger partial charge in [-0.25, -0.2) is 0 Å². The first-order chi connectivity index (χ1) is 16.6. The molecule has 4 fully saturated rings. The second-order valence-corrected chi connectivity index (χ2v) is 11.0. The smallest absolute Gasteiger partial charge is 0.353 e. The van der Waals surface area contributed by atoms with Crippen molar-refractivity contribution in [2.24, 2.45) is 11.8 Å². The number of benzene rings is 1. The summed E-state index contributed by atoms with van der Waals surface area (Å²) >= 11 is 0. The summed E-state index contributed by atoms with van der Waals surface area (Å²) in [4.78, 5) is 30.3. The number of alkyl halides is 3. The Balaban J connectivity index is 1.35. The Kier molecular flexibility index (Phi) is 6.36. The van der Waals surface area contributed by atoms with Gasteiger partial charge >= 0.3 is 6.18 Å². The Morgan fingerprint density at radius 1 is 1.17 bits per heavy atom. The molecule has 1 aromatic carbocycles. The van der Waals surface area contributed by atoms with Crippen molar-refractivity contribution < 1.29 is 27.5 Å². The molecule has 0 aromatic heterocycles. The van der Waals surface area contributed by atoms with Crippen LogP contribution in [0.25, 0.3) is 0 Å². The van der Waals surface area contributed by atoms with Crippen LogP contribution in [-0.4, -0.2) is 70.6 Å². The van der Waals surface area contributed by atoms with Crippen LogP contribution in [0.2, 0.25) is 0 Å². The lowest BCUT2D eigenvalue weighted by Gasteiger charge is -2.55. The van der Waals surface area contributed by atoms with Crippen molar-refractivity contribution >= 4 is 12.3 Å². The van der Waals surface area contributed by atoms with Crippen LogP contribution in [0.15, 0.2) is 24.3 Å². The van der Waals surface area contributed by atoms with Crippen LogP contribution in [0.4, 0.5) is 13.2 Å². The van der Waals surface area contributed by atoms with Crippen LogP contribution >= 0.6 is 0 Å². The monoisotopic (exact) mass is 493 g/mol. The van der Waals surface area contributed by atoms with E-state index >= 15 is 0 Å². The zero-order valence-electron chi connectivity index (χ0n) is 20.3. The van der Waals surface area contributed by atoms with Gasteiger partial charge in [0.15, 0.2) is 0 Å². The van der Waals surface area contributed by atoms with E-state index in [1.807, 2.05) is 0 Å². The van der Waals surface area contributed by atoms with Crippen LogP contribution in [0.5, 0.6) is 0 Å². The van der Waals surface area contributed by atoms with Crippen LogP contribution in [0.1, 0.15) is 57.1 Å². The first-order valence-corrected chi connectivity index (χ1v) is 12.7. The van der Waals surface area contributed by atoms with Crippen molar-refractivity contribution in [1.82, 2.24) is 14.7 Å². The SMILES string of the molecule is CC(C)[C@H]1CO[C@]23CC[C@H](N(Cc4ccc(C(F)(F)F)cc4)C4CN(C=O)C4)C[C@H]2CCC(=O)N13. The van der Waals surface area contributed by atoms with E-state index in [-0.39, 0.29) is 30.0 Å². The van der Waals surface area contributed by atoms with E-state index in [9.17, 15) is 22.8 Å². The van der Waals surface area contributed by atoms with Gasteiger partial charge in [-0.05, 0) is 49.3 Å². The molecule has 35 heavy (non-hydrogen) atoms. The first-order valence-electron chi connectivity index (χ1n) is 12.7. The molecule has 1 aromatic rings. The second kappa shape index (κ2) is 9.07. The molecular weight excluding hydrogens is 459 g/mol. The van der Waals surface area contributed by atoms with E-state index in [0.29, 0.717) is 38.6 Å². The van der Waals surface area contributed by atoms with Gasteiger partial charge in [0.2, 0.25) is 12.3 Å². The molecule has 9 heteroatoms. The largest absolute Gasteiger partial charge is 0.416 e. The summed E-state index contributed by atoms with van der Waals surface area (Å²) in [5.41, 5.74) is -0.330. The summed E-state index contributed by atoms with van der Waals surface area (Å²) in [6.45, 7) is 6.65. The number of amides is 2. The summed E-state index contributed by atoms with van der Waals surface area (Å²) in [5.74, 6) is 0.758. The number of carbonyl (C=O) groups is 2. The molecule has 1 spiro atoms. The molecule has 0 bridgehead atoms. The van der Waals surface area contributed by atoms with Crippen molar-refractivity contribution in [1.29, 1.82) is 0 Å². The van der Waals surface area contributed by atoms with E-state index in [0.717, 1.165) is 49.8 Å². The Morgan fingerprint density at radius 2 is 1.89 bits per heavy atom. The van der Waals surface area contributed by atoms with Gasteiger partial charge in [0.25, 0.3) is 0 Å². The third-order valence-electron chi connectivity index (χ3n) is 8.64. The zero-order valence-corrected chi connectivity index (χ0v) is 20.3. The van der Waals surface area contributed by atoms with E-state index < -0.39 is 17.5 Å². The molecule has 1 aliphatic carbocycles. The molecule has 1 saturated carbocycles.